The van der Waals surface area contributed by atoms with Crippen LogP contribution in [0.5, 0.6) is 0 Å². The molecule has 0 nitrogen and oxygen atoms in total. The van der Waals surface area contributed by atoms with Gasteiger partial charge in [0.2, 0.25) is 0 Å². The first-order valence-electron chi connectivity index (χ1n) is 12.4. The van der Waals surface area contributed by atoms with E-state index in [4.69, 9.17) is 0 Å². The predicted octanol–water partition coefficient (Wildman–Crippen LogP) is 10.0. The van der Waals surface area contributed by atoms with Crippen molar-refractivity contribution in [2.75, 3.05) is 0 Å². The van der Waals surface area contributed by atoms with Crippen LogP contribution in [0.1, 0.15) is 124 Å². The van der Waals surface area contributed by atoms with E-state index in [0.717, 1.165) is 6.42 Å². The first-order valence-corrected chi connectivity index (χ1v) is 12.4. The van der Waals surface area contributed by atoms with Crippen LogP contribution >= 0.6 is 0 Å². The zero-order chi connectivity index (χ0) is 23.8. The van der Waals surface area contributed by atoms with Gasteiger partial charge in [0.15, 0.2) is 0 Å². The zero-order valence-corrected chi connectivity index (χ0v) is 23.6. The van der Waals surface area contributed by atoms with Gasteiger partial charge in [-0.25, -0.2) is 0 Å². The van der Waals surface area contributed by atoms with Crippen molar-refractivity contribution in [3.8, 4) is 0 Å². The molecule has 0 rings (SSSR count). The Kier molecular flexibility index (Phi) is 9.00. The molecular weight excluding hydrogens is 348 g/mol. The maximum absolute atomic E-state index is 2.65. The summed E-state index contributed by atoms with van der Waals surface area (Å²) in [6, 6.07) is 0. The predicted molar refractivity (Wildman–Crippen MR) is 135 cm³/mol. The van der Waals surface area contributed by atoms with Gasteiger partial charge < -0.3 is 0 Å². The highest BCUT2D eigenvalue weighted by Crippen LogP contribution is 2.72. The highest BCUT2D eigenvalue weighted by atomic mass is 14.7. The van der Waals surface area contributed by atoms with Crippen molar-refractivity contribution in [3.63, 3.8) is 0 Å². The molecule has 0 spiro atoms. The average Bonchev–Trinajstić information content (AvgIpc) is 2.59. The average molecular weight is 407 g/mol. The maximum atomic E-state index is 2.65. The van der Waals surface area contributed by atoms with Crippen molar-refractivity contribution < 1.29 is 0 Å². The van der Waals surface area contributed by atoms with E-state index in [9.17, 15) is 0 Å². The highest BCUT2D eigenvalue weighted by Gasteiger charge is 2.66. The fourth-order valence-corrected chi connectivity index (χ4v) is 7.06. The minimum absolute atomic E-state index is 0.115. The molecule has 3 atom stereocenters. The Morgan fingerprint density at radius 2 is 1.10 bits per heavy atom. The van der Waals surface area contributed by atoms with Crippen LogP contribution in [0, 0.1) is 50.7 Å². The molecule has 0 aliphatic rings. The molecule has 0 aliphatic heterocycles. The lowest BCUT2D eigenvalue weighted by molar-refractivity contribution is -0.214. The summed E-state index contributed by atoms with van der Waals surface area (Å²) in [5.74, 6) is 2.46. The van der Waals surface area contributed by atoms with Gasteiger partial charge in [0.1, 0.15) is 0 Å². The standard InChI is InChI=1S/C29H58/c1-18-24(19-2)26(12,13)29(17,23(9)20(3)4)28(16,22(7)8)27(14,15)25(10,11)21(5)6/h18,20-23H,19H2,1-17H3. The van der Waals surface area contributed by atoms with Crippen LogP contribution in [0.25, 0.3) is 0 Å². The van der Waals surface area contributed by atoms with Gasteiger partial charge in [0.05, 0.1) is 0 Å². The van der Waals surface area contributed by atoms with Gasteiger partial charge in [-0.2, -0.15) is 0 Å². The first kappa shape index (κ1) is 28.7. The second-order valence-electron chi connectivity index (χ2n) is 12.9. The maximum Gasteiger partial charge on any atom is -0.00830 e. The van der Waals surface area contributed by atoms with E-state index in [1.807, 2.05) is 0 Å². The number of rotatable bonds is 10. The van der Waals surface area contributed by atoms with Crippen LogP contribution in [-0.4, -0.2) is 0 Å². The highest BCUT2D eigenvalue weighted by molar-refractivity contribution is 5.23. The molecule has 0 saturated heterocycles. The Balaban J connectivity index is 7.45. The monoisotopic (exact) mass is 406 g/mol. The third-order valence-electron chi connectivity index (χ3n) is 11.3. The Labute approximate surface area is 186 Å². The van der Waals surface area contributed by atoms with E-state index >= 15 is 0 Å². The topological polar surface area (TPSA) is 0 Å². The smallest absolute Gasteiger partial charge is 0.00830 e. The van der Waals surface area contributed by atoms with Crippen LogP contribution in [0.4, 0.5) is 0 Å². The van der Waals surface area contributed by atoms with Crippen molar-refractivity contribution in [2.45, 2.75) is 124 Å². The number of hydrogen-bond donors (Lipinski definition) is 0. The lowest BCUT2D eigenvalue weighted by atomic mass is 9.34. The summed E-state index contributed by atoms with van der Waals surface area (Å²) in [5.41, 5.74) is 2.38. The Morgan fingerprint density at radius 1 is 0.690 bits per heavy atom. The van der Waals surface area contributed by atoms with Gasteiger partial charge in [-0.05, 0) is 64.1 Å². The summed E-state index contributed by atoms with van der Waals surface area (Å²) in [4.78, 5) is 0. The largest absolute Gasteiger partial charge is 0.0879 e. The van der Waals surface area contributed by atoms with Crippen molar-refractivity contribution in [2.24, 2.45) is 50.7 Å². The lowest BCUT2D eigenvalue weighted by Gasteiger charge is -2.70. The molecule has 0 bridgehead atoms. The molecule has 174 valence electrons. The SMILES string of the molecule is CC=C(CC)C(C)(C)C(C)(C(C)C(C)C)C(C)(C(C)C)C(C)(C)C(C)(C)C(C)C. The third kappa shape index (κ3) is 4.01. The van der Waals surface area contributed by atoms with Crippen LogP contribution in [0.15, 0.2) is 11.6 Å². The van der Waals surface area contributed by atoms with E-state index < -0.39 is 0 Å². The van der Waals surface area contributed by atoms with Crippen molar-refractivity contribution in [3.05, 3.63) is 11.6 Å². The lowest BCUT2D eigenvalue weighted by Crippen LogP contribution is -2.65. The molecule has 0 saturated carbocycles. The molecule has 0 aliphatic carbocycles. The van der Waals surface area contributed by atoms with E-state index in [0.29, 0.717) is 23.7 Å². The van der Waals surface area contributed by atoms with Crippen molar-refractivity contribution in [1.29, 1.82) is 0 Å². The van der Waals surface area contributed by atoms with Crippen LogP contribution in [-0.2, 0) is 0 Å². The quantitative estimate of drug-likeness (QED) is 0.316. The van der Waals surface area contributed by atoms with Gasteiger partial charge in [0.25, 0.3) is 0 Å². The molecule has 0 heteroatoms. The number of allylic oxidation sites excluding steroid dienone is 2. The second-order valence-corrected chi connectivity index (χ2v) is 12.9. The molecule has 0 radical (unpaired) electrons. The van der Waals surface area contributed by atoms with Crippen LogP contribution < -0.4 is 0 Å². The van der Waals surface area contributed by atoms with E-state index in [1.165, 1.54) is 0 Å². The number of hydrogen-bond acceptors (Lipinski definition) is 0. The molecule has 0 aromatic carbocycles. The summed E-state index contributed by atoms with van der Waals surface area (Å²) < 4.78 is 0. The van der Waals surface area contributed by atoms with Crippen LogP contribution in [0.3, 0.4) is 0 Å². The minimum Gasteiger partial charge on any atom is -0.0879 e. The molecule has 0 aromatic heterocycles. The summed E-state index contributed by atoms with van der Waals surface area (Å²) >= 11 is 0. The van der Waals surface area contributed by atoms with Crippen LogP contribution in [0.2, 0.25) is 0 Å². The molecule has 0 amide bonds. The first-order chi connectivity index (χ1) is 12.8. The molecule has 0 aromatic rings. The minimum atomic E-state index is 0.115. The van der Waals surface area contributed by atoms with Gasteiger partial charge in [-0.1, -0.05) is 122 Å². The van der Waals surface area contributed by atoms with E-state index in [-0.39, 0.29) is 27.1 Å². The second kappa shape index (κ2) is 9.08. The summed E-state index contributed by atoms with van der Waals surface area (Å²) in [6.07, 6.45) is 3.54. The fraction of sp³-hybridized carbons (Fsp3) is 0.931. The Bertz CT molecular complexity index is 555. The molecule has 0 heterocycles. The third-order valence-corrected chi connectivity index (χ3v) is 11.3. The molecule has 29 heavy (non-hydrogen) atoms. The van der Waals surface area contributed by atoms with Gasteiger partial charge in [-0.15, -0.1) is 0 Å². The van der Waals surface area contributed by atoms with Gasteiger partial charge in [0, 0.05) is 0 Å². The van der Waals surface area contributed by atoms with Gasteiger partial charge in [-0.3, -0.25) is 0 Å². The van der Waals surface area contributed by atoms with E-state index in [2.05, 4.69) is 124 Å². The Morgan fingerprint density at radius 3 is 1.34 bits per heavy atom. The Hall–Kier alpha value is -0.260. The molecule has 0 fully saturated rings. The summed E-state index contributed by atoms with van der Waals surface area (Å²) in [6.45, 7) is 42.4. The normalized spacial score (nSPS) is 20.2. The molecule has 0 N–H and O–H groups in total. The zero-order valence-electron chi connectivity index (χ0n) is 23.6. The van der Waals surface area contributed by atoms with Crippen molar-refractivity contribution in [1.82, 2.24) is 0 Å². The molecule has 3 unspecified atom stereocenters. The fourth-order valence-electron chi connectivity index (χ4n) is 7.06. The summed E-state index contributed by atoms with van der Waals surface area (Å²) in [7, 11) is 0. The van der Waals surface area contributed by atoms with Crippen molar-refractivity contribution >= 4 is 0 Å². The molecular formula is C29H58. The van der Waals surface area contributed by atoms with E-state index in [1.54, 1.807) is 5.57 Å². The van der Waals surface area contributed by atoms with Gasteiger partial charge >= 0.3 is 0 Å². The summed E-state index contributed by atoms with van der Waals surface area (Å²) in [5, 5.41) is 0.